The monoisotopic (exact) mass is 594 g/mol. The SMILES string of the molecule is Cc1ccc(S(=O)(=O)N(C/C=C/CN(C(=O)OC(C)(C)C)S(=O)(=O)c2ccc(C)cc2)C(=O)OC(C)(C)C)cc1. The Kier molecular flexibility index (Phi) is 10.2. The molecule has 0 heterocycles. The van der Waals surface area contributed by atoms with Gasteiger partial charge in [0.15, 0.2) is 0 Å². The molecule has 2 aromatic rings. The molecule has 0 saturated carbocycles. The number of sulfonamides is 2. The lowest BCUT2D eigenvalue weighted by Crippen LogP contribution is -2.41. The highest BCUT2D eigenvalue weighted by Gasteiger charge is 2.34. The maximum Gasteiger partial charge on any atom is 0.424 e. The topological polar surface area (TPSA) is 127 Å². The predicted molar refractivity (Wildman–Crippen MR) is 152 cm³/mol. The van der Waals surface area contributed by atoms with Crippen molar-refractivity contribution in [1.82, 2.24) is 8.61 Å². The molecule has 0 fully saturated rings. The van der Waals surface area contributed by atoms with Crippen molar-refractivity contribution < 1.29 is 35.9 Å². The number of rotatable bonds is 8. The van der Waals surface area contributed by atoms with E-state index in [1.54, 1.807) is 79.7 Å². The highest BCUT2D eigenvalue weighted by Crippen LogP contribution is 2.22. The van der Waals surface area contributed by atoms with Crippen LogP contribution in [0.4, 0.5) is 9.59 Å². The Morgan fingerprint density at radius 3 is 1.15 bits per heavy atom. The van der Waals surface area contributed by atoms with Gasteiger partial charge in [0.2, 0.25) is 0 Å². The number of nitrogens with zero attached hydrogens (tertiary/aromatic N) is 2. The number of carbonyl (C=O) groups is 2. The second-order valence-corrected chi connectivity index (χ2v) is 14.9. The zero-order chi connectivity index (χ0) is 30.5. The van der Waals surface area contributed by atoms with Gasteiger partial charge in [-0.15, -0.1) is 0 Å². The van der Waals surface area contributed by atoms with Crippen LogP contribution in [0.5, 0.6) is 0 Å². The van der Waals surface area contributed by atoms with E-state index in [-0.39, 0.29) is 9.79 Å². The van der Waals surface area contributed by atoms with Crippen molar-refractivity contribution in [3.8, 4) is 0 Å². The van der Waals surface area contributed by atoms with E-state index in [2.05, 4.69) is 0 Å². The Bertz CT molecular complexity index is 1320. The van der Waals surface area contributed by atoms with Gasteiger partial charge in [0.25, 0.3) is 20.0 Å². The highest BCUT2D eigenvalue weighted by molar-refractivity contribution is 7.90. The van der Waals surface area contributed by atoms with E-state index in [4.69, 9.17) is 9.47 Å². The minimum Gasteiger partial charge on any atom is -0.443 e. The second kappa shape index (κ2) is 12.4. The van der Waals surface area contributed by atoms with Gasteiger partial charge >= 0.3 is 12.2 Å². The van der Waals surface area contributed by atoms with Crippen molar-refractivity contribution in [3.63, 3.8) is 0 Å². The van der Waals surface area contributed by atoms with Gasteiger partial charge < -0.3 is 9.47 Å². The lowest BCUT2D eigenvalue weighted by Gasteiger charge is -2.27. The Balaban J connectivity index is 2.41. The first-order chi connectivity index (χ1) is 18.2. The lowest BCUT2D eigenvalue weighted by atomic mass is 10.2. The number of hydrogen-bond donors (Lipinski definition) is 0. The molecule has 2 amide bonds. The van der Waals surface area contributed by atoms with Crippen LogP contribution < -0.4 is 0 Å². The molecule has 0 N–H and O–H groups in total. The average molecular weight is 595 g/mol. The maximum atomic E-state index is 13.3. The van der Waals surface area contributed by atoms with Gasteiger partial charge in [-0.3, -0.25) is 0 Å². The number of carbonyl (C=O) groups excluding carboxylic acids is 2. The van der Waals surface area contributed by atoms with Gasteiger partial charge in [-0.25, -0.2) is 26.4 Å². The van der Waals surface area contributed by atoms with Crippen molar-refractivity contribution in [1.29, 1.82) is 0 Å². The number of hydrogen-bond acceptors (Lipinski definition) is 8. The van der Waals surface area contributed by atoms with Gasteiger partial charge in [0.1, 0.15) is 11.2 Å². The first-order valence-electron chi connectivity index (χ1n) is 12.5. The predicted octanol–water partition coefficient (Wildman–Crippen LogP) is 5.41. The van der Waals surface area contributed by atoms with Gasteiger partial charge in [-0.2, -0.15) is 8.61 Å². The maximum absolute atomic E-state index is 13.3. The lowest BCUT2D eigenvalue weighted by molar-refractivity contribution is 0.0387. The quantitative estimate of drug-likeness (QED) is 0.371. The summed E-state index contributed by atoms with van der Waals surface area (Å²) in [6.07, 6.45) is 0.345. The van der Waals surface area contributed by atoms with E-state index >= 15 is 0 Å². The fraction of sp³-hybridized carbons (Fsp3) is 0.429. The molecule has 10 nitrogen and oxygen atoms in total. The van der Waals surface area contributed by atoms with E-state index in [1.807, 2.05) is 0 Å². The van der Waals surface area contributed by atoms with Crippen LogP contribution >= 0.6 is 0 Å². The molecule has 12 heteroatoms. The summed E-state index contributed by atoms with van der Waals surface area (Å²) in [7, 11) is -8.64. The first-order valence-corrected chi connectivity index (χ1v) is 15.4. The number of aryl methyl sites for hydroxylation is 2. The smallest absolute Gasteiger partial charge is 0.424 e. The zero-order valence-corrected chi connectivity index (χ0v) is 25.8. The van der Waals surface area contributed by atoms with E-state index in [9.17, 15) is 26.4 Å². The van der Waals surface area contributed by atoms with Crippen LogP contribution in [0, 0.1) is 13.8 Å². The summed E-state index contributed by atoms with van der Waals surface area (Å²) in [4.78, 5) is 25.6. The Labute approximate surface area is 237 Å². The molecule has 0 atom stereocenters. The molecule has 0 aliphatic carbocycles. The van der Waals surface area contributed by atoms with Gasteiger partial charge in [0, 0.05) is 0 Å². The molecule has 0 spiro atoms. The average Bonchev–Trinajstić information content (AvgIpc) is 2.79. The number of ether oxygens (including phenoxy) is 2. The molecule has 40 heavy (non-hydrogen) atoms. The Morgan fingerprint density at radius 2 is 0.900 bits per heavy atom. The Morgan fingerprint density at radius 1 is 0.625 bits per heavy atom. The fourth-order valence-corrected chi connectivity index (χ4v) is 5.68. The summed E-state index contributed by atoms with van der Waals surface area (Å²) in [5.74, 6) is 0. The molecule has 0 bridgehead atoms. The van der Waals surface area contributed by atoms with Crippen molar-refractivity contribution in [3.05, 3.63) is 71.8 Å². The minimum absolute atomic E-state index is 0.116. The molecule has 0 unspecified atom stereocenters. The van der Waals surface area contributed by atoms with E-state index in [0.29, 0.717) is 8.61 Å². The van der Waals surface area contributed by atoms with Crippen LogP contribution in [0.2, 0.25) is 0 Å². The summed E-state index contributed by atoms with van der Waals surface area (Å²) in [6, 6.07) is 11.9. The molecular formula is C28H38N2O8S2. The molecule has 2 aromatic carbocycles. The largest absolute Gasteiger partial charge is 0.443 e. The molecule has 0 aliphatic rings. The van der Waals surface area contributed by atoms with E-state index in [0.717, 1.165) is 11.1 Å². The molecule has 0 aliphatic heterocycles. The normalized spacial score (nSPS) is 12.7. The van der Waals surface area contributed by atoms with Crippen LogP contribution in [-0.2, 0) is 29.5 Å². The third-order valence-electron chi connectivity index (χ3n) is 5.12. The summed E-state index contributed by atoms with van der Waals surface area (Å²) in [5.41, 5.74) is -0.283. The number of amides is 2. The van der Waals surface area contributed by atoms with Gasteiger partial charge in [-0.05, 0) is 79.7 Å². The molecule has 0 aromatic heterocycles. The molecule has 0 radical (unpaired) electrons. The third-order valence-corrected chi connectivity index (χ3v) is 8.61. The van der Waals surface area contributed by atoms with Crippen LogP contribution in [0.25, 0.3) is 0 Å². The van der Waals surface area contributed by atoms with Crippen LogP contribution in [0.15, 0.2) is 70.5 Å². The molecule has 0 saturated heterocycles. The van der Waals surface area contributed by atoms with Crippen molar-refractivity contribution in [2.45, 2.75) is 76.4 Å². The first kappa shape index (κ1) is 32.8. The summed E-state index contributed by atoms with van der Waals surface area (Å²) >= 11 is 0. The number of benzene rings is 2. The second-order valence-electron chi connectivity index (χ2n) is 11.1. The minimum atomic E-state index is -4.32. The summed E-state index contributed by atoms with van der Waals surface area (Å²) < 4.78 is 65.1. The summed E-state index contributed by atoms with van der Waals surface area (Å²) in [6.45, 7) is 12.3. The zero-order valence-electron chi connectivity index (χ0n) is 24.2. The third kappa shape index (κ3) is 9.09. The van der Waals surface area contributed by atoms with Crippen LogP contribution in [-0.4, -0.2) is 61.9 Å². The van der Waals surface area contributed by atoms with Crippen molar-refractivity contribution in [2.24, 2.45) is 0 Å². The van der Waals surface area contributed by atoms with Crippen molar-refractivity contribution >= 4 is 32.2 Å². The van der Waals surface area contributed by atoms with E-state index in [1.165, 1.54) is 36.4 Å². The fourth-order valence-electron chi connectivity index (χ4n) is 3.18. The molecule has 220 valence electrons. The molecule has 2 rings (SSSR count). The van der Waals surface area contributed by atoms with Gasteiger partial charge in [-0.1, -0.05) is 47.5 Å². The van der Waals surface area contributed by atoms with Crippen molar-refractivity contribution in [2.75, 3.05) is 13.1 Å². The Hall–Kier alpha value is -3.38. The van der Waals surface area contributed by atoms with Crippen LogP contribution in [0.1, 0.15) is 52.7 Å². The van der Waals surface area contributed by atoms with E-state index < -0.39 is 56.5 Å². The summed E-state index contributed by atoms with van der Waals surface area (Å²) in [5, 5.41) is 0. The highest BCUT2D eigenvalue weighted by atomic mass is 32.2. The standard InChI is InChI=1S/C28H38N2O8S2/c1-21-11-15-23(16-12-21)39(33,34)29(25(31)37-27(3,4)5)19-9-10-20-30(26(32)38-28(6,7)8)40(35,36)24-17-13-22(2)14-18-24/h9-18H,19-20H2,1-8H3/b10-9+. The van der Waals surface area contributed by atoms with Gasteiger partial charge in [0.05, 0.1) is 22.9 Å². The molecular weight excluding hydrogens is 556 g/mol. The van der Waals surface area contributed by atoms with Crippen LogP contribution in [0.3, 0.4) is 0 Å².